The van der Waals surface area contributed by atoms with Crippen LogP contribution in [0, 0.1) is 0 Å². The SMILES string of the molecule is CCNC(=O)c1ccccc1O.Oc1ccccc1C[NH][Mn]. The van der Waals surface area contributed by atoms with E-state index in [0.717, 1.165) is 5.56 Å². The molecule has 0 unspecified atom stereocenters. The molecule has 0 bridgehead atoms. The monoisotopic (exact) mass is 342 g/mol. The van der Waals surface area contributed by atoms with E-state index in [1.807, 2.05) is 19.1 Å². The number of rotatable bonds is 4. The summed E-state index contributed by atoms with van der Waals surface area (Å²) in [7, 11) is 0. The molecule has 0 radical (unpaired) electrons. The average molecular weight is 342 g/mol. The third-order valence-electron chi connectivity index (χ3n) is 2.73. The molecule has 2 aromatic carbocycles. The fraction of sp³-hybridized carbons (Fsp3) is 0.188. The predicted octanol–water partition coefficient (Wildman–Crippen LogP) is 2.09. The number of carbonyl (C=O) groups is 1. The van der Waals surface area contributed by atoms with Gasteiger partial charge in [-0.25, -0.2) is 0 Å². The van der Waals surface area contributed by atoms with E-state index in [4.69, 9.17) is 0 Å². The van der Waals surface area contributed by atoms with Crippen LogP contribution in [0.15, 0.2) is 48.5 Å². The Morgan fingerprint density at radius 3 is 2.18 bits per heavy atom. The summed E-state index contributed by atoms with van der Waals surface area (Å²) in [6, 6.07) is 13.7. The maximum atomic E-state index is 11.2. The summed E-state index contributed by atoms with van der Waals surface area (Å²) in [5.74, 6) is 0.105. The van der Waals surface area contributed by atoms with E-state index in [0.29, 0.717) is 24.4 Å². The van der Waals surface area contributed by atoms with Gasteiger partial charge in [0.2, 0.25) is 0 Å². The zero-order valence-electron chi connectivity index (χ0n) is 12.2. The number of para-hydroxylation sites is 2. The van der Waals surface area contributed by atoms with Crippen LogP contribution in [-0.4, -0.2) is 22.7 Å². The van der Waals surface area contributed by atoms with Gasteiger partial charge >= 0.3 is 67.8 Å². The van der Waals surface area contributed by atoms with E-state index >= 15 is 0 Å². The van der Waals surface area contributed by atoms with Crippen LogP contribution in [-0.2, 0) is 22.8 Å². The van der Waals surface area contributed by atoms with Crippen molar-refractivity contribution in [2.24, 2.45) is 0 Å². The standard InChI is InChI=1S/C9H11NO2.C7H8NO.Mn/c1-2-10-9(12)7-5-3-4-6-8(7)11;8-5-6-3-1-2-4-7(6)9;/h3-6,11H,2H2,1H3,(H,10,12);1-4,8-9H,5H2;/q;-1;+1. The predicted molar refractivity (Wildman–Crippen MR) is 81.1 cm³/mol. The molecule has 4 N–H and O–H groups in total. The van der Waals surface area contributed by atoms with Crippen LogP contribution in [0.25, 0.3) is 0 Å². The molecule has 0 aliphatic carbocycles. The number of amides is 1. The number of carbonyl (C=O) groups excluding carboxylic acids is 1. The first-order valence-electron chi connectivity index (χ1n) is 6.76. The number of nitrogens with one attached hydrogen (secondary N) is 2. The molecule has 0 aliphatic rings. The Bertz CT molecular complexity index is 605. The van der Waals surface area contributed by atoms with Crippen LogP contribution in [0.5, 0.6) is 11.5 Å². The third kappa shape index (κ3) is 5.77. The van der Waals surface area contributed by atoms with E-state index in [1.54, 1.807) is 30.3 Å². The molecule has 6 heteroatoms. The topological polar surface area (TPSA) is 81.6 Å². The van der Waals surface area contributed by atoms with E-state index < -0.39 is 0 Å². The molecular weight excluding hydrogens is 323 g/mol. The maximum absolute atomic E-state index is 11.2. The van der Waals surface area contributed by atoms with Crippen molar-refractivity contribution >= 4 is 5.91 Å². The molecule has 0 atom stereocenters. The Labute approximate surface area is 138 Å². The molecule has 0 heterocycles. The van der Waals surface area contributed by atoms with Crippen LogP contribution in [0.2, 0.25) is 0 Å². The normalized spacial score (nSPS) is 9.55. The molecular formula is C16H19MnN2O3. The van der Waals surface area contributed by atoms with Gasteiger partial charge in [-0.3, -0.25) is 4.79 Å². The van der Waals surface area contributed by atoms with Crippen LogP contribution < -0.4 is 9.65 Å². The first-order chi connectivity index (χ1) is 10.6. The third-order valence-corrected chi connectivity index (χ3v) is 2.94. The zero-order valence-corrected chi connectivity index (χ0v) is 13.4. The number of hydrogen-bond acceptors (Lipinski definition) is 4. The molecule has 0 saturated carbocycles. The summed E-state index contributed by atoms with van der Waals surface area (Å²) >= 11 is 3.06. The second kappa shape index (κ2) is 9.84. The number of phenolic OH excluding ortho intramolecular Hbond substituents is 2. The summed E-state index contributed by atoms with van der Waals surface area (Å²) in [5.41, 5.74) is 1.21. The Kier molecular flexibility index (Phi) is 8.07. The summed E-state index contributed by atoms with van der Waals surface area (Å²) in [4.78, 5) is 11.2. The Balaban J connectivity index is 0.000000224. The van der Waals surface area contributed by atoms with Gasteiger partial charge in [0, 0.05) is 6.54 Å². The van der Waals surface area contributed by atoms with E-state index in [2.05, 4.69) is 25.9 Å². The number of phenols is 2. The zero-order chi connectivity index (χ0) is 16.4. The number of benzene rings is 2. The molecule has 118 valence electrons. The second-order valence-electron chi connectivity index (χ2n) is 4.32. The van der Waals surface area contributed by atoms with E-state index in [-0.39, 0.29) is 11.7 Å². The first kappa shape index (κ1) is 18.0. The van der Waals surface area contributed by atoms with Gasteiger partial charge in [-0.1, -0.05) is 12.1 Å². The molecule has 2 rings (SSSR count). The molecule has 0 aromatic heterocycles. The van der Waals surface area contributed by atoms with Gasteiger partial charge in [0.05, 0.1) is 5.56 Å². The van der Waals surface area contributed by atoms with Gasteiger partial charge in [-0.15, -0.1) is 0 Å². The van der Waals surface area contributed by atoms with Gasteiger partial charge < -0.3 is 10.4 Å². The van der Waals surface area contributed by atoms with E-state index in [9.17, 15) is 15.0 Å². The van der Waals surface area contributed by atoms with Crippen molar-refractivity contribution in [1.29, 1.82) is 0 Å². The van der Waals surface area contributed by atoms with Crippen molar-refractivity contribution in [1.82, 2.24) is 9.65 Å². The molecule has 2 aromatic rings. The molecule has 0 spiro atoms. The van der Waals surface area contributed by atoms with Gasteiger partial charge in [-0.05, 0) is 19.1 Å². The summed E-state index contributed by atoms with van der Waals surface area (Å²) in [6.07, 6.45) is 0. The number of hydrogen-bond donors (Lipinski definition) is 4. The van der Waals surface area contributed by atoms with Crippen molar-refractivity contribution < 1.29 is 31.2 Å². The van der Waals surface area contributed by atoms with Gasteiger partial charge in [0.1, 0.15) is 5.75 Å². The minimum absolute atomic E-state index is 0.0171. The van der Waals surface area contributed by atoms with Gasteiger partial charge in [0.15, 0.2) is 0 Å². The average Bonchev–Trinajstić information content (AvgIpc) is 2.51. The fourth-order valence-corrected chi connectivity index (χ4v) is 1.88. The molecule has 0 aliphatic heterocycles. The fourth-order valence-electron chi connectivity index (χ4n) is 1.65. The number of aromatic hydroxyl groups is 2. The Morgan fingerprint density at radius 2 is 1.64 bits per heavy atom. The van der Waals surface area contributed by atoms with Crippen molar-refractivity contribution in [3.8, 4) is 11.5 Å². The molecule has 1 amide bonds. The van der Waals surface area contributed by atoms with Crippen molar-refractivity contribution in [3.05, 3.63) is 59.7 Å². The minimum atomic E-state index is -0.240. The van der Waals surface area contributed by atoms with Crippen LogP contribution >= 0.6 is 0 Å². The summed E-state index contributed by atoms with van der Waals surface area (Å²) < 4.78 is 2.78. The van der Waals surface area contributed by atoms with Crippen molar-refractivity contribution in [2.45, 2.75) is 13.5 Å². The van der Waals surface area contributed by atoms with Gasteiger partial charge in [-0.2, -0.15) is 0 Å². The van der Waals surface area contributed by atoms with E-state index in [1.165, 1.54) is 6.07 Å². The molecule has 5 nitrogen and oxygen atoms in total. The van der Waals surface area contributed by atoms with Crippen LogP contribution in [0.3, 0.4) is 0 Å². The summed E-state index contributed by atoms with van der Waals surface area (Å²) in [6.45, 7) is 3.03. The second-order valence-corrected chi connectivity index (χ2v) is 4.73. The van der Waals surface area contributed by atoms with Gasteiger partial charge in [0.25, 0.3) is 5.91 Å². The molecule has 0 saturated heterocycles. The molecule has 0 fully saturated rings. The Morgan fingerprint density at radius 1 is 1.05 bits per heavy atom. The van der Waals surface area contributed by atoms with Crippen LogP contribution in [0.1, 0.15) is 22.8 Å². The van der Waals surface area contributed by atoms with Crippen LogP contribution in [0.4, 0.5) is 0 Å². The van der Waals surface area contributed by atoms with Crippen molar-refractivity contribution in [2.75, 3.05) is 6.54 Å². The summed E-state index contributed by atoms with van der Waals surface area (Å²) in [5, 5.41) is 21.0. The quantitative estimate of drug-likeness (QED) is 0.642. The molecule has 22 heavy (non-hydrogen) atoms. The Hall–Kier alpha value is -2.01. The first-order valence-corrected chi connectivity index (χ1v) is 7.35. The van der Waals surface area contributed by atoms with Crippen molar-refractivity contribution in [3.63, 3.8) is 0 Å².